The molecule has 0 atom stereocenters. The first-order valence-corrected chi connectivity index (χ1v) is 2.37. The van der Waals surface area contributed by atoms with Gasteiger partial charge in [0.1, 0.15) is 0 Å². The lowest BCUT2D eigenvalue weighted by Gasteiger charge is -1.97. The fraction of sp³-hybridized carbons (Fsp3) is 0.400. The molecule has 4 heteroatoms. The third-order valence-corrected chi connectivity index (χ3v) is 0.459. The molecule has 0 aliphatic carbocycles. The lowest BCUT2D eigenvalue weighted by Crippen LogP contribution is -2.10. The summed E-state index contributed by atoms with van der Waals surface area (Å²) >= 11 is 0. The van der Waals surface area contributed by atoms with Crippen LogP contribution in [0.15, 0.2) is 0 Å². The first-order chi connectivity index (χ1) is 4.16. The molecule has 0 aliphatic heterocycles. The Balaban J connectivity index is 3.39. The summed E-state index contributed by atoms with van der Waals surface area (Å²) in [6.07, 6.45) is -1.00. The van der Waals surface area contributed by atoms with Crippen LogP contribution < -0.4 is 0 Å². The maximum Gasteiger partial charge on any atom is 0.516 e. The van der Waals surface area contributed by atoms with E-state index in [0.717, 1.165) is 0 Å². The largest absolute Gasteiger partial charge is 0.516 e. The van der Waals surface area contributed by atoms with Crippen molar-refractivity contribution in [2.24, 2.45) is 0 Å². The van der Waals surface area contributed by atoms with Crippen molar-refractivity contribution in [3.05, 3.63) is 6.92 Å². The van der Waals surface area contributed by atoms with Crippen LogP contribution in [0.4, 0.5) is 4.79 Å². The summed E-state index contributed by atoms with van der Waals surface area (Å²) in [5.74, 6) is -0.909. The fourth-order valence-corrected chi connectivity index (χ4v) is 0.240. The Labute approximate surface area is 52.7 Å². The SMILES string of the molecule is [CH2]C(=O)OC(=O)OCC. The monoisotopic (exact) mass is 131 g/mol. The van der Waals surface area contributed by atoms with Crippen LogP contribution in [0.2, 0.25) is 0 Å². The first-order valence-electron chi connectivity index (χ1n) is 2.37. The van der Waals surface area contributed by atoms with Crippen molar-refractivity contribution < 1.29 is 19.1 Å². The van der Waals surface area contributed by atoms with E-state index < -0.39 is 12.1 Å². The third-order valence-electron chi connectivity index (χ3n) is 0.459. The van der Waals surface area contributed by atoms with Crippen LogP contribution in [0.3, 0.4) is 0 Å². The molecule has 0 spiro atoms. The third kappa shape index (κ3) is 4.80. The summed E-state index contributed by atoms with van der Waals surface area (Å²) in [5.41, 5.74) is 0. The predicted molar refractivity (Wildman–Crippen MR) is 28.5 cm³/mol. The van der Waals surface area contributed by atoms with Gasteiger partial charge in [0.15, 0.2) is 0 Å². The summed E-state index contributed by atoms with van der Waals surface area (Å²) in [4.78, 5) is 20.0. The highest BCUT2D eigenvalue weighted by atomic mass is 16.7. The van der Waals surface area contributed by atoms with Crippen LogP contribution >= 0.6 is 0 Å². The smallest absolute Gasteiger partial charge is 0.434 e. The van der Waals surface area contributed by atoms with Crippen molar-refractivity contribution in [1.29, 1.82) is 0 Å². The summed E-state index contributed by atoms with van der Waals surface area (Å²) in [5, 5.41) is 0. The highest BCUT2D eigenvalue weighted by Crippen LogP contribution is 1.83. The van der Waals surface area contributed by atoms with Crippen LogP contribution in [-0.4, -0.2) is 18.7 Å². The van der Waals surface area contributed by atoms with Crippen molar-refractivity contribution in [1.82, 2.24) is 0 Å². The minimum atomic E-state index is -1.00. The van der Waals surface area contributed by atoms with Crippen LogP contribution in [0.1, 0.15) is 6.92 Å². The summed E-state index contributed by atoms with van der Waals surface area (Å²) in [7, 11) is 0. The maximum absolute atomic E-state index is 10.1. The first kappa shape index (κ1) is 7.94. The molecule has 0 saturated heterocycles. The van der Waals surface area contributed by atoms with Gasteiger partial charge in [-0.25, -0.2) is 4.79 Å². The van der Waals surface area contributed by atoms with Gasteiger partial charge in [0.05, 0.1) is 13.5 Å². The molecular formula is C5H7O4. The average Bonchev–Trinajstić information content (AvgIpc) is 1.63. The molecule has 0 heterocycles. The van der Waals surface area contributed by atoms with E-state index >= 15 is 0 Å². The Morgan fingerprint density at radius 1 is 1.56 bits per heavy atom. The number of rotatable bonds is 1. The van der Waals surface area contributed by atoms with Crippen molar-refractivity contribution in [3.63, 3.8) is 0 Å². The second kappa shape index (κ2) is 3.88. The van der Waals surface area contributed by atoms with E-state index in [9.17, 15) is 9.59 Å². The molecule has 1 radical (unpaired) electrons. The Kier molecular flexibility index (Phi) is 3.43. The molecule has 4 nitrogen and oxygen atoms in total. The topological polar surface area (TPSA) is 52.6 Å². The molecule has 0 amide bonds. The molecule has 51 valence electrons. The van der Waals surface area contributed by atoms with Gasteiger partial charge in [0.25, 0.3) is 0 Å². The van der Waals surface area contributed by atoms with E-state index in [1.165, 1.54) is 0 Å². The fourth-order valence-electron chi connectivity index (χ4n) is 0.240. The van der Waals surface area contributed by atoms with Gasteiger partial charge in [-0.2, -0.15) is 0 Å². The maximum atomic E-state index is 10.1. The van der Waals surface area contributed by atoms with Crippen LogP contribution in [-0.2, 0) is 14.3 Å². The van der Waals surface area contributed by atoms with Crippen molar-refractivity contribution in [2.75, 3.05) is 6.61 Å². The zero-order valence-corrected chi connectivity index (χ0v) is 5.05. The predicted octanol–water partition coefficient (Wildman–Crippen LogP) is 0.520. The number of hydrogen-bond donors (Lipinski definition) is 0. The highest BCUT2D eigenvalue weighted by molar-refractivity contribution is 5.84. The Morgan fingerprint density at radius 3 is 2.44 bits per heavy atom. The normalized spacial score (nSPS) is 8.22. The standard InChI is InChI=1S/C5H7O4/c1-3-8-5(7)9-4(2)6/h2-3H2,1H3. The van der Waals surface area contributed by atoms with Gasteiger partial charge >= 0.3 is 12.1 Å². The van der Waals surface area contributed by atoms with Gasteiger partial charge in [0.2, 0.25) is 0 Å². The van der Waals surface area contributed by atoms with E-state index in [1.807, 2.05) is 0 Å². The highest BCUT2D eigenvalue weighted by Gasteiger charge is 2.03. The van der Waals surface area contributed by atoms with Gasteiger partial charge < -0.3 is 9.47 Å². The average molecular weight is 131 g/mol. The molecule has 0 saturated carbocycles. The number of esters is 1. The Hall–Kier alpha value is -1.06. The zero-order valence-electron chi connectivity index (χ0n) is 5.05. The van der Waals surface area contributed by atoms with Crippen LogP contribution in [0, 0.1) is 6.92 Å². The molecule has 0 aromatic heterocycles. The number of ether oxygens (including phenoxy) is 2. The van der Waals surface area contributed by atoms with E-state index in [1.54, 1.807) is 6.92 Å². The summed E-state index contributed by atoms with van der Waals surface area (Å²) in [6, 6.07) is 0. The second-order valence-corrected chi connectivity index (χ2v) is 1.16. The molecule has 0 bridgehead atoms. The summed E-state index contributed by atoms with van der Waals surface area (Å²) in [6.45, 7) is 4.59. The lowest BCUT2D eigenvalue weighted by atomic mass is 10.8. The number of carbonyl (C=O) groups is 2. The van der Waals surface area contributed by atoms with Crippen LogP contribution in [0.25, 0.3) is 0 Å². The molecule has 0 aliphatic rings. The molecule has 0 aromatic rings. The van der Waals surface area contributed by atoms with Gasteiger partial charge in [0, 0.05) is 0 Å². The molecule has 0 unspecified atom stereocenters. The van der Waals surface area contributed by atoms with E-state index in [2.05, 4.69) is 16.4 Å². The van der Waals surface area contributed by atoms with E-state index in [4.69, 9.17) is 0 Å². The molecule has 0 fully saturated rings. The minimum absolute atomic E-state index is 0.187. The van der Waals surface area contributed by atoms with Crippen molar-refractivity contribution >= 4 is 12.1 Å². The minimum Gasteiger partial charge on any atom is -0.434 e. The Morgan fingerprint density at radius 2 is 2.11 bits per heavy atom. The quantitative estimate of drug-likeness (QED) is 0.384. The van der Waals surface area contributed by atoms with Crippen molar-refractivity contribution in [3.8, 4) is 0 Å². The van der Waals surface area contributed by atoms with Gasteiger partial charge in [-0.3, -0.25) is 4.79 Å². The molecule has 0 aromatic carbocycles. The molecular weight excluding hydrogens is 124 g/mol. The summed E-state index contributed by atoms with van der Waals surface area (Å²) < 4.78 is 8.11. The van der Waals surface area contributed by atoms with E-state index in [0.29, 0.717) is 0 Å². The van der Waals surface area contributed by atoms with Gasteiger partial charge in [-0.05, 0) is 6.92 Å². The molecule has 9 heavy (non-hydrogen) atoms. The van der Waals surface area contributed by atoms with Crippen LogP contribution in [0.5, 0.6) is 0 Å². The molecule has 0 rings (SSSR count). The Bertz CT molecular complexity index is 118. The lowest BCUT2D eigenvalue weighted by molar-refractivity contribution is -0.134. The van der Waals surface area contributed by atoms with E-state index in [-0.39, 0.29) is 6.61 Å². The van der Waals surface area contributed by atoms with Crippen molar-refractivity contribution in [2.45, 2.75) is 6.92 Å². The van der Waals surface area contributed by atoms with Gasteiger partial charge in [-0.1, -0.05) is 0 Å². The second-order valence-electron chi connectivity index (χ2n) is 1.16. The zero-order chi connectivity index (χ0) is 7.28. The number of carbonyl (C=O) groups excluding carboxylic acids is 2. The molecule has 0 N–H and O–H groups in total. The number of hydrogen-bond acceptors (Lipinski definition) is 4. The van der Waals surface area contributed by atoms with Gasteiger partial charge in [-0.15, -0.1) is 0 Å².